The van der Waals surface area contributed by atoms with Gasteiger partial charge in [-0.1, -0.05) is 0 Å². The zero-order valence-corrected chi connectivity index (χ0v) is 14.7. The summed E-state index contributed by atoms with van der Waals surface area (Å²) in [7, 11) is 2.36. The Morgan fingerprint density at radius 3 is 2.15 bits per heavy atom. The van der Waals surface area contributed by atoms with Gasteiger partial charge in [-0.2, -0.15) is 5.10 Å². The average Bonchev–Trinajstić information content (AvgIpc) is 3.00. The summed E-state index contributed by atoms with van der Waals surface area (Å²) in [6.07, 6.45) is 1.05. The molecular weight excluding hydrogens is 360 g/mol. The molecule has 1 N–H and O–H groups in total. The van der Waals surface area contributed by atoms with Gasteiger partial charge in [0.1, 0.15) is 18.4 Å². The molecule has 0 fully saturated rings. The van der Waals surface area contributed by atoms with Crippen molar-refractivity contribution in [3.8, 4) is 0 Å². The van der Waals surface area contributed by atoms with E-state index in [4.69, 9.17) is 0 Å². The topological polar surface area (TPSA) is 143 Å². The van der Waals surface area contributed by atoms with Gasteiger partial charge in [-0.15, -0.1) is 0 Å². The van der Waals surface area contributed by atoms with Gasteiger partial charge in [0.05, 0.1) is 30.3 Å². The molecule has 0 unspecified atom stereocenters. The second kappa shape index (κ2) is 8.08. The number of anilines is 1. The molecule has 1 aromatic heterocycles. The summed E-state index contributed by atoms with van der Waals surface area (Å²) in [5, 5.41) is 17.1. The smallest absolute Gasteiger partial charge is 0.337 e. The van der Waals surface area contributed by atoms with Crippen molar-refractivity contribution in [2.24, 2.45) is 0 Å². The van der Waals surface area contributed by atoms with Gasteiger partial charge in [-0.05, 0) is 25.1 Å². The standard InChI is InChI=1S/C16H16N4O7/c1-9-13(20(24)25)7-17-19(9)8-14(21)18-12-5-10(15(22)26-2)4-11(6-12)16(23)27-3/h4-7H,8H2,1-3H3,(H,18,21). The number of aromatic nitrogens is 2. The molecule has 0 spiro atoms. The fourth-order valence-corrected chi connectivity index (χ4v) is 2.28. The number of methoxy groups -OCH3 is 2. The first-order valence-corrected chi connectivity index (χ1v) is 7.55. The summed E-state index contributed by atoms with van der Waals surface area (Å²) >= 11 is 0. The largest absolute Gasteiger partial charge is 0.465 e. The Kier molecular flexibility index (Phi) is 5.85. The number of nitrogens with one attached hydrogen (secondary N) is 1. The fourth-order valence-electron chi connectivity index (χ4n) is 2.28. The molecule has 0 saturated carbocycles. The van der Waals surface area contributed by atoms with E-state index >= 15 is 0 Å². The molecule has 0 aliphatic rings. The molecule has 2 aromatic rings. The number of carbonyl (C=O) groups is 3. The number of rotatable bonds is 6. The summed E-state index contributed by atoms with van der Waals surface area (Å²) in [6, 6.07) is 3.93. The Bertz CT molecular complexity index is 885. The van der Waals surface area contributed by atoms with Crippen LogP contribution in [-0.4, -0.2) is 46.8 Å². The first-order chi connectivity index (χ1) is 12.8. The SMILES string of the molecule is COC(=O)c1cc(NC(=O)Cn2ncc([N+](=O)[O-])c2C)cc(C(=O)OC)c1. The zero-order valence-electron chi connectivity index (χ0n) is 14.7. The lowest BCUT2D eigenvalue weighted by Crippen LogP contribution is -2.21. The minimum atomic E-state index is -0.699. The van der Waals surface area contributed by atoms with E-state index in [2.05, 4.69) is 19.9 Å². The molecule has 27 heavy (non-hydrogen) atoms. The molecule has 0 radical (unpaired) electrons. The highest BCUT2D eigenvalue weighted by molar-refractivity contribution is 5.99. The van der Waals surface area contributed by atoms with E-state index in [-0.39, 0.29) is 34.7 Å². The van der Waals surface area contributed by atoms with Crippen molar-refractivity contribution in [3.05, 3.63) is 51.3 Å². The monoisotopic (exact) mass is 376 g/mol. The molecule has 1 heterocycles. The lowest BCUT2D eigenvalue weighted by atomic mass is 10.1. The molecule has 11 heteroatoms. The maximum atomic E-state index is 12.2. The van der Waals surface area contributed by atoms with Gasteiger partial charge in [0, 0.05) is 5.69 Å². The Morgan fingerprint density at radius 2 is 1.70 bits per heavy atom. The molecule has 2 rings (SSSR count). The van der Waals surface area contributed by atoms with Gasteiger partial charge in [0.2, 0.25) is 5.91 Å². The van der Waals surface area contributed by atoms with Crippen molar-refractivity contribution in [2.45, 2.75) is 13.5 Å². The predicted octanol–water partition coefficient (Wildman–Crippen LogP) is 1.31. The first kappa shape index (κ1) is 19.6. The Balaban J connectivity index is 2.25. The Hall–Kier alpha value is -3.76. The van der Waals surface area contributed by atoms with Crippen LogP contribution in [0.5, 0.6) is 0 Å². The van der Waals surface area contributed by atoms with Gasteiger partial charge in [-0.3, -0.25) is 19.6 Å². The van der Waals surface area contributed by atoms with Gasteiger partial charge in [0.25, 0.3) is 0 Å². The van der Waals surface area contributed by atoms with E-state index in [9.17, 15) is 24.5 Å². The first-order valence-electron chi connectivity index (χ1n) is 7.55. The van der Waals surface area contributed by atoms with Crippen LogP contribution in [0, 0.1) is 17.0 Å². The fraction of sp³-hybridized carbons (Fsp3) is 0.250. The molecule has 11 nitrogen and oxygen atoms in total. The molecule has 0 aliphatic heterocycles. The van der Waals surface area contributed by atoms with E-state index in [1.165, 1.54) is 44.0 Å². The highest BCUT2D eigenvalue weighted by Gasteiger charge is 2.19. The molecule has 0 bridgehead atoms. The lowest BCUT2D eigenvalue weighted by molar-refractivity contribution is -0.385. The van der Waals surface area contributed by atoms with Crippen LogP contribution >= 0.6 is 0 Å². The molecule has 0 aliphatic carbocycles. The minimum absolute atomic E-state index is 0.0432. The maximum absolute atomic E-state index is 12.2. The van der Waals surface area contributed by atoms with Crippen LogP contribution in [-0.2, 0) is 20.8 Å². The van der Waals surface area contributed by atoms with Gasteiger partial charge in [-0.25, -0.2) is 9.59 Å². The summed E-state index contributed by atoms with van der Waals surface area (Å²) in [4.78, 5) is 46.0. The van der Waals surface area contributed by atoms with E-state index in [1.807, 2.05) is 0 Å². The lowest BCUT2D eigenvalue weighted by Gasteiger charge is -2.10. The number of nitrogens with zero attached hydrogens (tertiary/aromatic N) is 3. The Morgan fingerprint density at radius 1 is 1.15 bits per heavy atom. The highest BCUT2D eigenvalue weighted by atomic mass is 16.6. The van der Waals surface area contributed by atoms with Gasteiger partial charge in [0.15, 0.2) is 0 Å². The number of ether oxygens (including phenoxy) is 2. The van der Waals surface area contributed by atoms with Crippen molar-refractivity contribution in [1.29, 1.82) is 0 Å². The van der Waals surface area contributed by atoms with Crippen LogP contribution < -0.4 is 5.32 Å². The number of hydrogen-bond acceptors (Lipinski definition) is 8. The number of carbonyl (C=O) groups excluding carboxylic acids is 3. The van der Waals surface area contributed by atoms with Crippen molar-refractivity contribution in [2.75, 3.05) is 19.5 Å². The number of esters is 2. The average molecular weight is 376 g/mol. The second-order valence-electron chi connectivity index (χ2n) is 5.36. The normalized spacial score (nSPS) is 10.2. The van der Waals surface area contributed by atoms with Crippen LogP contribution in [0.25, 0.3) is 0 Å². The number of hydrogen-bond donors (Lipinski definition) is 1. The van der Waals surface area contributed by atoms with Crippen molar-refractivity contribution in [1.82, 2.24) is 9.78 Å². The van der Waals surface area contributed by atoms with E-state index < -0.39 is 22.8 Å². The predicted molar refractivity (Wildman–Crippen MR) is 91.4 cm³/mol. The van der Waals surface area contributed by atoms with Crippen LogP contribution in [0.2, 0.25) is 0 Å². The van der Waals surface area contributed by atoms with E-state index in [0.29, 0.717) is 0 Å². The van der Waals surface area contributed by atoms with E-state index in [0.717, 1.165) is 6.20 Å². The summed E-state index contributed by atoms with van der Waals surface area (Å²) < 4.78 is 10.4. The molecule has 1 aromatic carbocycles. The maximum Gasteiger partial charge on any atom is 0.337 e. The number of nitro groups is 1. The highest BCUT2D eigenvalue weighted by Crippen LogP contribution is 2.18. The van der Waals surface area contributed by atoms with Crippen molar-refractivity contribution >= 4 is 29.2 Å². The van der Waals surface area contributed by atoms with E-state index in [1.54, 1.807) is 0 Å². The quantitative estimate of drug-likeness (QED) is 0.452. The molecule has 0 atom stereocenters. The summed E-state index contributed by atoms with van der Waals surface area (Å²) in [5.41, 5.74) is 0.253. The summed E-state index contributed by atoms with van der Waals surface area (Å²) in [6.45, 7) is 1.17. The van der Waals surface area contributed by atoms with Crippen molar-refractivity contribution < 1.29 is 28.8 Å². The van der Waals surface area contributed by atoms with Crippen LogP contribution in [0.3, 0.4) is 0 Å². The minimum Gasteiger partial charge on any atom is -0.465 e. The third-order valence-electron chi connectivity index (χ3n) is 3.63. The van der Waals surface area contributed by atoms with Gasteiger partial charge >= 0.3 is 17.6 Å². The number of amides is 1. The zero-order chi connectivity index (χ0) is 20.1. The van der Waals surface area contributed by atoms with Crippen LogP contribution in [0.1, 0.15) is 26.4 Å². The van der Waals surface area contributed by atoms with Gasteiger partial charge < -0.3 is 14.8 Å². The third-order valence-corrected chi connectivity index (χ3v) is 3.63. The number of benzene rings is 1. The van der Waals surface area contributed by atoms with Crippen molar-refractivity contribution in [3.63, 3.8) is 0 Å². The van der Waals surface area contributed by atoms with Crippen LogP contribution in [0.4, 0.5) is 11.4 Å². The molecule has 0 saturated heterocycles. The Labute approximate surface area is 153 Å². The second-order valence-corrected chi connectivity index (χ2v) is 5.36. The molecule has 142 valence electrons. The molecule has 1 amide bonds. The molecular formula is C16H16N4O7. The van der Waals surface area contributed by atoms with Crippen LogP contribution in [0.15, 0.2) is 24.4 Å². The summed E-state index contributed by atoms with van der Waals surface area (Å²) in [5.74, 6) is -1.96. The third kappa shape index (κ3) is 4.45.